The lowest BCUT2D eigenvalue weighted by Gasteiger charge is -2.04. The van der Waals surface area contributed by atoms with Gasteiger partial charge in [0.15, 0.2) is 10.2 Å². The summed E-state index contributed by atoms with van der Waals surface area (Å²) in [6, 6.07) is 1.21. The lowest BCUT2D eigenvalue weighted by atomic mass is 10.2. The summed E-state index contributed by atoms with van der Waals surface area (Å²) in [6.45, 7) is 0. The first-order valence-electron chi connectivity index (χ1n) is 4.81. The predicted molar refractivity (Wildman–Crippen MR) is 69.6 cm³/mol. The highest BCUT2D eigenvalue weighted by molar-refractivity contribution is 8.01. The highest BCUT2D eigenvalue weighted by Gasteiger charge is 2.17. The van der Waals surface area contributed by atoms with Crippen molar-refractivity contribution in [3.05, 3.63) is 39.5 Å². The first-order valence-corrected chi connectivity index (χ1v) is 6.51. The molecule has 3 N–H and O–H groups in total. The van der Waals surface area contributed by atoms with Crippen LogP contribution in [-0.4, -0.2) is 25.9 Å². The molecule has 0 saturated carbocycles. The molecule has 8 nitrogen and oxygen atoms in total. The normalized spacial score (nSPS) is 11.5. The molecule has 0 amide bonds. The van der Waals surface area contributed by atoms with Gasteiger partial charge in [0.05, 0.1) is 10.5 Å². The number of hydrogen-bond acceptors (Lipinski definition) is 8. The van der Waals surface area contributed by atoms with E-state index >= 15 is 0 Å². The van der Waals surface area contributed by atoms with Crippen LogP contribution in [0.3, 0.4) is 0 Å². The van der Waals surface area contributed by atoms with Gasteiger partial charge in [0.2, 0.25) is 0 Å². The molecule has 0 unspecified atom stereocenters. The average molecular weight is 297 g/mol. The fraction of sp³-hybridized carbons (Fsp3) is 0. The van der Waals surface area contributed by atoms with E-state index in [9.17, 15) is 10.1 Å². The smallest absolute Gasteiger partial charge is 0.288 e. The Balaban J connectivity index is 2.44. The van der Waals surface area contributed by atoms with Crippen LogP contribution >= 0.6 is 23.1 Å². The Labute approximate surface area is 115 Å². The number of aromatic nitrogens is 2. The summed E-state index contributed by atoms with van der Waals surface area (Å²) in [7, 11) is 0. The summed E-state index contributed by atoms with van der Waals surface area (Å²) in [5.41, 5.74) is 5.46. The molecular weight excluding hydrogens is 290 g/mol. The van der Waals surface area contributed by atoms with Gasteiger partial charge in [-0.05, 0) is 11.8 Å². The summed E-state index contributed by atoms with van der Waals surface area (Å²) in [6.07, 6.45) is 2.74. The minimum Gasteiger partial charge on any atom is -0.409 e. The van der Waals surface area contributed by atoms with Crippen molar-refractivity contribution in [2.45, 2.75) is 9.37 Å². The highest BCUT2D eigenvalue weighted by atomic mass is 32.2. The Morgan fingerprint density at radius 2 is 2.37 bits per heavy atom. The number of hydrogen-bond donors (Lipinski definition) is 2. The van der Waals surface area contributed by atoms with Gasteiger partial charge in [0, 0.05) is 17.6 Å². The van der Waals surface area contributed by atoms with Gasteiger partial charge in [-0.25, -0.2) is 9.97 Å². The number of nitro groups is 1. The van der Waals surface area contributed by atoms with Crippen LogP contribution in [0, 0.1) is 10.1 Å². The van der Waals surface area contributed by atoms with E-state index in [2.05, 4.69) is 15.1 Å². The number of oxime groups is 1. The molecule has 0 fully saturated rings. The summed E-state index contributed by atoms with van der Waals surface area (Å²) in [4.78, 5) is 18.1. The third-order valence-corrected chi connectivity index (χ3v) is 3.93. The SMILES string of the molecule is NC(=NO)c1cc([N+](=O)[O-])cnc1Sc1nccs1. The van der Waals surface area contributed by atoms with Crippen LogP contribution in [0.5, 0.6) is 0 Å². The Bertz CT molecular complexity index is 629. The zero-order valence-corrected chi connectivity index (χ0v) is 10.9. The van der Waals surface area contributed by atoms with Crippen LogP contribution in [0.2, 0.25) is 0 Å². The predicted octanol–water partition coefficient (Wildman–Crippen LogP) is 1.69. The fourth-order valence-electron chi connectivity index (χ4n) is 1.20. The van der Waals surface area contributed by atoms with Crippen molar-refractivity contribution in [3.8, 4) is 0 Å². The molecule has 2 heterocycles. The molecule has 0 aliphatic carbocycles. The number of thiazole rings is 1. The molecule has 19 heavy (non-hydrogen) atoms. The minimum absolute atomic E-state index is 0.192. The molecule has 0 spiro atoms. The van der Waals surface area contributed by atoms with Crippen molar-refractivity contribution in [1.29, 1.82) is 0 Å². The molecule has 0 aromatic carbocycles. The zero-order valence-electron chi connectivity index (χ0n) is 9.26. The average Bonchev–Trinajstić information content (AvgIpc) is 2.91. The van der Waals surface area contributed by atoms with Crippen molar-refractivity contribution < 1.29 is 10.1 Å². The van der Waals surface area contributed by atoms with Crippen molar-refractivity contribution in [2.75, 3.05) is 0 Å². The van der Waals surface area contributed by atoms with Crippen LogP contribution < -0.4 is 5.73 Å². The van der Waals surface area contributed by atoms with Gasteiger partial charge >= 0.3 is 0 Å². The topological polar surface area (TPSA) is 128 Å². The molecule has 0 aliphatic rings. The Morgan fingerprint density at radius 3 is 2.95 bits per heavy atom. The van der Waals surface area contributed by atoms with E-state index in [-0.39, 0.29) is 17.1 Å². The second-order valence-corrected chi connectivity index (χ2v) is 5.32. The summed E-state index contributed by atoms with van der Waals surface area (Å²) >= 11 is 2.58. The van der Waals surface area contributed by atoms with Gasteiger partial charge in [-0.2, -0.15) is 0 Å². The maximum Gasteiger partial charge on any atom is 0.288 e. The van der Waals surface area contributed by atoms with Crippen LogP contribution in [0.4, 0.5) is 5.69 Å². The number of pyridine rings is 1. The maximum absolute atomic E-state index is 10.7. The highest BCUT2D eigenvalue weighted by Crippen LogP contribution is 2.31. The molecule has 0 aliphatic heterocycles. The van der Waals surface area contributed by atoms with E-state index in [1.165, 1.54) is 29.2 Å². The van der Waals surface area contributed by atoms with Crippen molar-refractivity contribution in [1.82, 2.24) is 9.97 Å². The fourth-order valence-corrected chi connectivity index (χ4v) is 2.82. The van der Waals surface area contributed by atoms with Gasteiger partial charge in [-0.15, -0.1) is 11.3 Å². The van der Waals surface area contributed by atoms with Crippen LogP contribution in [0.15, 0.2) is 38.4 Å². The number of rotatable bonds is 4. The van der Waals surface area contributed by atoms with Gasteiger partial charge in [-0.3, -0.25) is 10.1 Å². The molecular formula is C9H7N5O3S2. The van der Waals surface area contributed by atoms with Gasteiger partial charge in [0.25, 0.3) is 5.69 Å². The third kappa shape index (κ3) is 2.98. The minimum atomic E-state index is -0.598. The Morgan fingerprint density at radius 1 is 1.58 bits per heavy atom. The molecule has 2 rings (SSSR count). The molecule has 2 aromatic rings. The first kappa shape index (κ1) is 13.2. The molecule has 2 aromatic heterocycles. The van der Waals surface area contributed by atoms with Gasteiger partial charge < -0.3 is 10.9 Å². The molecule has 98 valence electrons. The Hall–Kier alpha value is -2.20. The molecule has 0 atom stereocenters. The van der Waals surface area contributed by atoms with E-state index in [4.69, 9.17) is 10.9 Å². The second kappa shape index (κ2) is 5.63. The third-order valence-electron chi connectivity index (χ3n) is 2.02. The van der Waals surface area contributed by atoms with Gasteiger partial charge in [-0.1, -0.05) is 5.16 Å². The van der Waals surface area contributed by atoms with E-state index in [1.54, 1.807) is 11.6 Å². The standard InChI is InChI=1S/C9H7N5O3S2/c10-7(13-15)6-3-5(14(16)17)4-12-8(6)19-9-11-1-2-18-9/h1-4,15H,(H2,10,13). The monoisotopic (exact) mass is 297 g/mol. The number of amidine groups is 1. The van der Waals surface area contributed by atoms with Gasteiger partial charge in [0.1, 0.15) is 11.2 Å². The van der Waals surface area contributed by atoms with Crippen molar-refractivity contribution in [3.63, 3.8) is 0 Å². The van der Waals surface area contributed by atoms with Crippen LogP contribution in [0.1, 0.15) is 5.56 Å². The van der Waals surface area contributed by atoms with E-state index < -0.39 is 4.92 Å². The van der Waals surface area contributed by atoms with E-state index in [0.29, 0.717) is 9.37 Å². The number of nitrogens with zero attached hydrogens (tertiary/aromatic N) is 4. The van der Waals surface area contributed by atoms with Crippen molar-refractivity contribution in [2.24, 2.45) is 10.9 Å². The maximum atomic E-state index is 10.7. The second-order valence-electron chi connectivity index (χ2n) is 3.19. The van der Waals surface area contributed by atoms with E-state index in [1.807, 2.05) is 0 Å². The summed E-state index contributed by atoms with van der Waals surface area (Å²) in [5, 5.41) is 24.4. The number of nitrogens with two attached hydrogens (primary N) is 1. The Kier molecular flexibility index (Phi) is 3.92. The molecule has 0 saturated heterocycles. The van der Waals surface area contributed by atoms with Crippen LogP contribution in [-0.2, 0) is 0 Å². The van der Waals surface area contributed by atoms with E-state index in [0.717, 1.165) is 6.20 Å². The quantitative estimate of drug-likeness (QED) is 0.289. The molecule has 0 radical (unpaired) electrons. The lowest BCUT2D eigenvalue weighted by Crippen LogP contribution is -2.15. The first-order chi connectivity index (χ1) is 9.11. The molecule has 10 heteroatoms. The summed E-state index contributed by atoms with van der Waals surface area (Å²) < 4.78 is 0.702. The summed E-state index contributed by atoms with van der Waals surface area (Å²) in [5.74, 6) is -0.241. The van der Waals surface area contributed by atoms with Crippen LogP contribution in [0.25, 0.3) is 0 Å². The largest absolute Gasteiger partial charge is 0.409 e. The molecule has 0 bridgehead atoms. The lowest BCUT2D eigenvalue weighted by molar-refractivity contribution is -0.385. The van der Waals surface area contributed by atoms with Crippen molar-refractivity contribution >= 4 is 34.6 Å². The zero-order chi connectivity index (χ0) is 13.8.